The van der Waals surface area contributed by atoms with E-state index >= 15 is 0 Å². The molecule has 2 aromatic carbocycles. The summed E-state index contributed by atoms with van der Waals surface area (Å²) in [6, 6.07) is 17.5. The van der Waals surface area contributed by atoms with Crippen molar-refractivity contribution >= 4 is 35.0 Å². The van der Waals surface area contributed by atoms with Crippen LogP contribution in [0.3, 0.4) is 0 Å². The van der Waals surface area contributed by atoms with Crippen LogP contribution in [0.4, 0.5) is 0 Å². The number of carbonyl (C=O) groups excluding carboxylic acids is 1. The van der Waals surface area contributed by atoms with Crippen molar-refractivity contribution < 1.29 is 18.7 Å². The molecule has 2 aromatic heterocycles. The molecule has 9 heteroatoms. The number of hydrogen-bond donors (Lipinski definition) is 0. The average molecular weight is 535 g/mol. The Balaban J connectivity index is 1.63. The molecule has 1 aliphatic rings. The number of rotatable bonds is 6. The summed E-state index contributed by atoms with van der Waals surface area (Å²) >= 11 is 7.35. The Labute approximate surface area is 221 Å². The summed E-state index contributed by atoms with van der Waals surface area (Å²) < 4.78 is 18.6. The number of carbonyl (C=O) groups is 1. The second-order valence-electron chi connectivity index (χ2n) is 8.29. The third-order valence-electron chi connectivity index (χ3n) is 5.96. The standard InChI is InChI=1S/C28H23ClN2O5S/c1-4-35-27(33)24-16(2)30-28-31(25(24)17-8-10-20(34-3)11-9-17)26(32)23(37-28)15-21-12-13-22(36-21)18-6-5-7-19(29)14-18/h5-15,25H,4H2,1-3H3/b23-15+/t25-/m0/s1. The Bertz CT molecular complexity index is 1700. The molecule has 0 fully saturated rings. The molecule has 0 aliphatic carbocycles. The van der Waals surface area contributed by atoms with Gasteiger partial charge < -0.3 is 13.9 Å². The number of furan rings is 1. The molecular formula is C28H23ClN2O5S. The van der Waals surface area contributed by atoms with Crippen LogP contribution in [0, 0.1) is 0 Å². The van der Waals surface area contributed by atoms with Gasteiger partial charge in [0.1, 0.15) is 17.3 Å². The summed E-state index contributed by atoms with van der Waals surface area (Å²) in [5.74, 6) is 1.32. The lowest BCUT2D eigenvalue weighted by Gasteiger charge is -2.24. The van der Waals surface area contributed by atoms with Gasteiger partial charge in [-0.3, -0.25) is 9.36 Å². The van der Waals surface area contributed by atoms with E-state index in [1.54, 1.807) is 55.9 Å². The van der Waals surface area contributed by atoms with Gasteiger partial charge in [-0.1, -0.05) is 47.2 Å². The van der Waals surface area contributed by atoms with Crippen molar-refractivity contribution in [2.45, 2.75) is 19.9 Å². The number of methoxy groups -OCH3 is 1. The predicted octanol–water partition coefficient (Wildman–Crippen LogP) is 4.72. The SMILES string of the molecule is CCOC(=O)C1=C(C)N=c2s/c(=C/c3ccc(-c4cccc(Cl)c4)o3)c(=O)n2[C@H]1c1ccc(OC)cc1. The first-order chi connectivity index (χ1) is 17.9. The van der Waals surface area contributed by atoms with Gasteiger partial charge in [0, 0.05) is 16.7 Å². The summed E-state index contributed by atoms with van der Waals surface area (Å²) in [5, 5.41) is 0.607. The smallest absolute Gasteiger partial charge is 0.338 e. The number of benzene rings is 2. The van der Waals surface area contributed by atoms with E-state index in [1.807, 2.05) is 36.4 Å². The molecule has 1 atom stereocenters. The highest BCUT2D eigenvalue weighted by Crippen LogP contribution is 2.31. The Morgan fingerprint density at radius 2 is 1.97 bits per heavy atom. The number of esters is 1. The monoisotopic (exact) mass is 534 g/mol. The zero-order valence-electron chi connectivity index (χ0n) is 20.4. The largest absolute Gasteiger partial charge is 0.497 e. The van der Waals surface area contributed by atoms with Gasteiger partial charge in [0.15, 0.2) is 4.80 Å². The van der Waals surface area contributed by atoms with Crippen molar-refractivity contribution in [3.63, 3.8) is 0 Å². The molecule has 5 rings (SSSR count). The molecule has 3 heterocycles. The minimum absolute atomic E-state index is 0.211. The van der Waals surface area contributed by atoms with Crippen LogP contribution < -0.4 is 19.6 Å². The number of ether oxygens (including phenoxy) is 2. The quantitative estimate of drug-likeness (QED) is 0.334. The third kappa shape index (κ3) is 4.77. The fourth-order valence-electron chi connectivity index (χ4n) is 4.25. The predicted molar refractivity (Wildman–Crippen MR) is 143 cm³/mol. The van der Waals surface area contributed by atoms with E-state index < -0.39 is 12.0 Å². The molecule has 1 aliphatic heterocycles. The Hall–Kier alpha value is -3.88. The van der Waals surface area contributed by atoms with Crippen LogP contribution >= 0.6 is 22.9 Å². The fraction of sp³-hybridized carbons (Fsp3) is 0.179. The number of thiazole rings is 1. The van der Waals surface area contributed by atoms with Gasteiger partial charge in [-0.2, -0.15) is 0 Å². The molecule has 4 aromatic rings. The Kier molecular flexibility index (Phi) is 6.86. The van der Waals surface area contributed by atoms with Crippen LogP contribution in [0.5, 0.6) is 5.75 Å². The molecular weight excluding hydrogens is 512 g/mol. The number of aromatic nitrogens is 1. The van der Waals surface area contributed by atoms with Gasteiger partial charge in [0.25, 0.3) is 5.56 Å². The molecule has 188 valence electrons. The number of nitrogens with zero attached hydrogens (tertiary/aromatic N) is 2. The Morgan fingerprint density at radius 3 is 2.68 bits per heavy atom. The molecule has 0 saturated carbocycles. The average Bonchev–Trinajstić information content (AvgIpc) is 3.48. The maximum absolute atomic E-state index is 13.7. The molecule has 0 radical (unpaired) electrons. The first-order valence-corrected chi connectivity index (χ1v) is 12.8. The third-order valence-corrected chi connectivity index (χ3v) is 7.18. The fourth-order valence-corrected chi connectivity index (χ4v) is 5.47. The molecule has 0 saturated heterocycles. The van der Waals surface area contributed by atoms with Gasteiger partial charge in [-0.05, 0) is 55.8 Å². The molecule has 37 heavy (non-hydrogen) atoms. The number of fused-ring (bicyclic) bond motifs is 1. The van der Waals surface area contributed by atoms with Crippen molar-refractivity contribution in [3.8, 4) is 17.1 Å². The highest BCUT2D eigenvalue weighted by Gasteiger charge is 2.33. The molecule has 0 spiro atoms. The molecule has 7 nitrogen and oxygen atoms in total. The minimum atomic E-state index is -0.693. The van der Waals surface area contributed by atoms with Crippen molar-refractivity contribution in [2.75, 3.05) is 13.7 Å². The normalized spacial score (nSPS) is 15.4. The van der Waals surface area contributed by atoms with Crippen LogP contribution in [-0.2, 0) is 9.53 Å². The van der Waals surface area contributed by atoms with E-state index in [1.165, 1.54) is 11.3 Å². The first-order valence-electron chi connectivity index (χ1n) is 11.6. The first kappa shape index (κ1) is 24.8. The zero-order chi connectivity index (χ0) is 26.1. The highest BCUT2D eigenvalue weighted by molar-refractivity contribution is 7.07. The van der Waals surface area contributed by atoms with Crippen molar-refractivity contribution in [3.05, 3.63) is 108 Å². The lowest BCUT2D eigenvalue weighted by atomic mass is 9.96. The maximum atomic E-state index is 13.7. The Morgan fingerprint density at radius 1 is 1.19 bits per heavy atom. The van der Waals surface area contributed by atoms with E-state index in [4.69, 9.17) is 25.5 Å². The van der Waals surface area contributed by atoms with Gasteiger partial charge >= 0.3 is 5.97 Å². The lowest BCUT2D eigenvalue weighted by molar-refractivity contribution is -0.139. The van der Waals surface area contributed by atoms with Crippen LogP contribution in [0.1, 0.15) is 31.2 Å². The number of hydrogen-bond acceptors (Lipinski definition) is 7. The highest BCUT2D eigenvalue weighted by atomic mass is 35.5. The summed E-state index contributed by atoms with van der Waals surface area (Å²) in [6.07, 6.45) is 1.69. The van der Waals surface area contributed by atoms with E-state index in [-0.39, 0.29) is 12.2 Å². The van der Waals surface area contributed by atoms with Gasteiger partial charge in [0.2, 0.25) is 0 Å². The second kappa shape index (κ2) is 10.2. The van der Waals surface area contributed by atoms with Crippen molar-refractivity contribution in [1.29, 1.82) is 0 Å². The summed E-state index contributed by atoms with van der Waals surface area (Å²) in [7, 11) is 1.58. The summed E-state index contributed by atoms with van der Waals surface area (Å²) in [4.78, 5) is 31.8. The number of allylic oxidation sites excluding steroid dienone is 1. The van der Waals surface area contributed by atoms with Crippen molar-refractivity contribution in [1.82, 2.24) is 4.57 Å². The van der Waals surface area contributed by atoms with Crippen LogP contribution in [-0.4, -0.2) is 24.3 Å². The van der Waals surface area contributed by atoms with Gasteiger partial charge in [-0.25, -0.2) is 9.79 Å². The maximum Gasteiger partial charge on any atom is 0.338 e. The molecule has 0 amide bonds. The molecule has 0 N–H and O–H groups in total. The minimum Gasteiger partial charge on any atom is -0.497 e. The van der Waals surface area contributed by atoms with E-state index in [0.717, 1.165) is 11.1 Å². The van der Waals surface area contributed by atoms with Crippen LogP contribution in [0.25, 0.3) is 17.4 Å². The summed E-state index contributed by atoms with van der Waals surface area (Å²) in [5.41, 5.74) is 2.13. The lowest BCUT2D eigenvalue weighted by Crippen LogP contribution is -2.39. The van der Waals surface area contributed by atoms with Crippen LogP contribution in [0.2, 0.25) is 5.02 Å². The van der Waals surface area contributed by atoms with Gasteiger partial charge in [0.05, 0.1) is 35.6 Å². The topological polar surface area (TPSA) is 83.0 Å². The van der Waals surface area contributed by atoms with E-state index in [0.29, 0.717) is 42.9 Å². The van der Waals surface area contributed by atoms with Crippen LogP contribution in [0.15, 0.2) is 86.1 Å². The molecule has 0 unspecified atom stereocenters. The van der Waals surface area contributed by atoms with E-state index in [2.05, 4.69) is 4.99 Å². The second-order valence-corrected chi connectivity index (χ2v) is 9.73. The molecule has 0 bridgehead atoms. The van der Waals surface area contributed by atoms with Crippen molar-refractivity contribution in [2.24, 2.45) is 4.99 Å². The van der Waals surface area contributed by atoms with E-state index in [9.17, 15) is 9.59 Å². The number of halogens is 1. The zero-order valence-corrected chi connectivity index (χ0v) is 21.9. The summed E-state index contributed by atoms with van der Waals surface area (Å²) in [6.45, 7) is 3.71. The van der Waals surface area contributed by atoms with Gasteiger partial charge in [-0.15, -0.1) is 0 Å².